The summed E-state index contributed by atoms with van der Waals surface area (Å²) in [6, 6.07) is 18.4. The molecule has 0 radical (unpaired) electrons. The summed E-state index contributed by atoms with van der Waals surface area (Å²) in [5, 5.41) is 3.35. The highest BCUT2D eigenvalue weighted by molar-refractivity contribution is 7.92. The van der Waals surface area contributed by atoms with Gasteiger partial charge >= 0.3 is 5.97 Å². The smallest absolute Gasteiger partial charge is 0.325 e. The van der Waals surface area contributed by atoms with Gasteiger partial charge in [0.05, 0.1) is 53.4 Å². The van der Waals surface area contributed by atoms with Crippen molar-refractivity contribution in [2.45, 2.75) is 13.6 Å². The number of fused-ring (bicyclic) bond motifs is 6. The second-order valence-corrected chi connectivity index (χ2v) is 13.4. The maximum Gasteiger partial charge on any atom is 0.325 e. The highest BCUT2D eigenvalue weighted by atomic mass is 32.2. The van der Waals surface area contributed by atoms with E-state index < -0.39 is 33.5 Å². The van der Waals surface area contributed by atoms with Crippen LogP contribution in [0.4, 0.5) is 20.2 Å². The van der Waals surface area contributed by atoms with Crippen molar-refractivity contribution in [3.63, 3.8) is 0 Å². The fourth-order valence-electron chi connectivity index (χ4n) is 6.08. The van der Waals surface area contributed by atoms with Crippen LogP contribution >= 0.6 is 0 Å². The van der Waals surface area contributed by atoms with Crippen LogP contribution in [0.15, 0.2) is 77.2 Å². The Morgan fingerprint density at radius 3 is 2.51 bits per heavy atom. The van der Waals surface area contributed by atoms with E-state index >= 15 is 0 Å². The van der Waals surface area contributed by atoms with Gasteiger partial charge in [0, 0.05) is 35.0 Å². The van der Waals surface area contributed by atoms with E-state index in [1.165, 1.54) is 57.5 Å². The quantitative estimate of drug-likeness (QED) is 0.183. The van der Waals surface area contributed by atoms with Gasteiger partial charge in [-0.05, 0) is 67.6 Å². The second kappa shape index (κ2) is 12.0. The normalized spacial score (nSPS) is 12.6. The number of amides is 1. The molecule has 0 fully saturated rings. The Morgan fingerprint density at radius 2 is 1.80 bits per heavy atom. The number of anilines is 2. The fraction of sp³-hybridized carbons (Fsp3) is 0.171. The van der Waals surface area contributed by atoms with Gasteiger partial charge in [-0.1, -0.05) is 6.07 Å². The molecule has 0 spiro atoms. The van der Waals surface area contributed by atoms with Crippen LogP contribution in [-0.4, -0.2) is 56.3 Å². The monoisotopic (exact) mass is 685 g/mol. The van der Waals surface area contributed by atoms with Gasteiger partial charge in [0.25, 0.3) is 5.91 Å². The molecule has 0 saturated heterocycles. The SMILES string of the molecule is CCS(=O)(=O)Nc1cc2oc(-c3ccc(F)cc3)c(C(=O)NC)c2cc1-c1ccc2c(n1)-c1cc3c(F)cccc3n1CN2CC(=O)OC. The summed E-state index contributed by atoms with van der Waals surface area (Å²) in [5.74, 6) is -1.91. The average Bonchev–Trinajstić information content (AvgIpc) is 3.67. The number of sulfonamides is 1. The number of benzene rings is 3. The third-order valence-corrected chi connectivity index (χ3v) is 9.81. The molecule has 1 amide bonds. The minimum Gasteiger partial charge on any atom is -0.468 e. The van der Waals surface area contributed by atoms with Crippen LogP contribution in [0.3, 0.4) is 0 Å². The molecule has 4 heterocycles. The van der Waals surface area contributed by atoms with Gasteiger partial charge in [-0.2, -0.15) is 0 Å². The van der Waals surface area contributed by atoms with Crippen LogP contribution in [-0.2, 0) is 26.2 Å². The molecule has 49 heavy (non-hydrogen) atoms. The molecule has 0 bridgehead atoms. The van der Waals surface area contributed by atoms with Crippen LogP contribution in [0.25, 0.3) is 55.8 Å². The van der Waals surface area contributed by atoms with E-state index in [1.54, 1.807) is 41.3 Å². The Kier molecular flexibility index (Phi) is 7.82. The molecule has 1 aliphatic rings. The number of nitrogens with one attached hydrogen (secondary N) is 2. The maximum atomic E-state index is 15.0. The third kappa shape index (κ3) is 5.53. The van der Waals surface area contributed by atoms with E-state index in [4.69, 9.17) is 14.1 Å². The first-order chi connectivity index (χ1) is 23.5. The lowest BCUT2D eigenvalue weighted by molar-refractivity contribution is -0.139. The van der Waals surface area contributed by atoms with Gasteiger partial charge < -0.3 is 23.9 Å². The second-order valence-electron chi connectivity index (χ2n) is 11.4. The number of hydrogen-bond acceptors (Lipinski definition) is 8. The molecule has 11 nitrogen and oxygen atoms in total. The molecule has 0 atom stereocenters. The number of pyridine rings is 1. The summed E-state index contributed by atoms with van der Waals surface area (Å²) in [6.07, 6.45) is 0. The van der Waals surface area contributed by atoms with Crippen LogP contribution in [0.1, 0.15) is 17.3 Å². The van der Waals surface area contributed by atoms with E-state index in [1.807, 2.05) is 4.57 Å². The Labute approximate surface area is 279 Å². The molecule has 0 unspecified atom stereocenters. The number of aromatic nitrogens is 2. The summed E-state index contributed by atoms with van der Waals surface area (Å²) in [6.45, 7) is 1.60. The molecule has 14 heteroatoms. The lowest BCUT2D eigenvalue weighted by Gasteiger charge is -2.32. The van der Waals surface area contributed by atoms with E-state index in [-0.39, 0.29) is 41.6 Å². The highest BCUT2D eigenvalue weighted by Gasteiger charge is 2.30. The number of esters is 1. The lowest BCUT2D eigenvalue weighted by Crippen LogP contribution is -2.35. The molecule has 1 aliphatic heterocycles. The molecule has 7 rings (SSSR count). The number of halogens is 2. The van der Waals surface area contributed by atoms with Crippen molar-refractivity contribution in [3.05, 3.63) is 90.0 Å². The Balaban J connectivity index is 1.49. The summed E-state index contributed by atoms with van der Waals surface area (Å²) in [4.78, 5) is 32.5. The summed E-state index contributed by atoms with van der Waals surface area (Å²) >= 11 is 0. The number of ether oxygens (including phenoxy) is 1. The van der Waals surface area contributed by atoms with Gasteiger partial charge in [-0.15, -0.1) is 0 Å². The Hall–Kier alpha value is -5.76. The van der Waals surface area contributed by atoms with Crippen LogP contribution in [0, 0.1) is 11.6 Å². The number of carbonyl (C=O) groups excluding carboxylic acids is 2. The number of hydrogen-bond donors (Lipinski definition) is 2. The van der Waals surface area contributed by atoms with Gasteiger partial charge in [-0.25, -0.2) is 22.2 Å². The Morgan fingerprint density at radius 1 is 1.02 bits per heavy atom. The van der Waals surface area contributed by atoms with E-state index in [0.717, 1.165) is 0 Å². The molecule has 3 aromatic carbocycles. The first-order valence-electron chi connectivity index (χ1n) is 15.2. The van der Waals surface area contributed by atoms with Crippen LogP contribution in [0.2, 0.25) is 0 Å². The number of carbonyl (C=O) groups is 2. The first-order valence-corrected chi connectivity index (χ1v) is 16.9. The zero-order valence-electron chi connectivity index (χ0n) is 26.5. The third-order valence-electron chi connectivity index (χ3n) is 8.52. The predicted molar refractivity (Wildman–Crippen MR) is 182 cm³/mol. The van der Waals surface area contributed by atoms with Gasteiger partial charge in [0.15, 0.2) is 0 Å². The minimum absolute atomic E-state index is 0.108. The van der Waals surface area contributed by atoms with Gasteiger partial charge in [0.1, 0.15) is 35.2 Å². The fourth-order valence-corrected chi connectivity index (χ4v) is 6.73. The molecular formula is C35H29F2N5O6S. The average molecular weight is 686 g/mol. The molecular weight excluding hydrogens is 656 g/mol. The molecule has 0 aliphatic carbocycles. The van der Waals surface area contributed by atoms with Gasteiger partial charge in [-0.3, -0.25) is 14.3 Å². The summed E-state index contributed by atoms with van der Waals surface area (Å²) < 4.78 is 70.1. The molecule has 250 valence electrons. The molecule has 0 saturated carbocycles. The Bertz CT molecular complexity index is 2420. The topological polar surface area (TPSA) is 136 Å². The van der Waals surface area contributed by atoms with Crippen LogP contribution < -0.4 is 14.9 Å². The zero-order valence-corrected chi connectivity index (χ0v) is 27.3. The number of nitrogens with zero attached hydrogens (tertiary/aromatic N) is 3. The maximum absolute atomic E-state index is 15.0. The van der Waals surface area contributed by atoms with Crippen molar-refractivity contribution < 1.29 is 35.9 Å². The minimum atomic E-state index is -3.81. The van der Waals surface area contributed by atoms with E-state index in [9.17, 15) is 26.8 Å². The highest BCUT2D eigenvalue weighted by Crippen LogP contribution is 2.43. The summed E-state index contributed by atoms with van der Waals surface area (Å²) in [7, 11) is -1.05. The largest absolute Gasteiger partial charge is 0.468 e. The van der Waals surface area contributed by atoms with E-state index in [2.05, 4.69) is 10.0 Å². The number of rotatable bonds is 8. The van der Waals surface area contributed by atoms with Crippen molar-refractivity contribution >= 4 is 55.1 Å². The molecule has 6 aromatic rings. The number of furan rings is 1. The lowest BCUT2D eigenvalue weighted by atomic mass is 10.0. The number of methoxy groups -OCH3 is 1. The first kappa shape index (κ1) is 31.8. The van der Waals surface area contributed by atoms with Crippen molar-refractivity contribution in [1.29, 1.82) is 0 Å². The van der Waals surface area contributed by atoms with Crippen LogP contribution in [0.5, 0.6) is 0 Å². The van der Waals surface area contributed by atoms with Crippen molar-refractivity contribution in [3.8, 4) is 34.0 Å². The predicted octanol–water partition coefficient (Wildman–Crippen LogP) is 6.13. The van der Waals surface area contributed by atoms with Crippen molar-refractivity contribution in [2.75, 3.05) is 36.1 Å². The molecule has 3 aromatic heterocycles. The van der Waals surface area contributed by atoms with E-state index in [0.29, 0.717) is 50.2 Å². The van der Waals surface area contributed by atoms with Crippen molar-refractivity contribution in [2.24, 2.45) is 0 Å². The summed E-state index contributed by atoms with van der Waals surface area (Å²) in [5.41, 5.74) is 3.76. The zero-order chi connectivity index (χ0) is 34.6. The standard InChI is InChI=1S/C35H29F2N5O6S/c1-4-49(45,46)40-26-16-30-23(32(35(44)38-2)34(48-30)19-8-10-20(36)11-9-19)14-22(26)25-12-13-28-33(39-25)29-15-21-24(37)6-5-7-27(21)42(29)18-41(28)17-31(43)47-3/h5-16,40H,4,17-18H2,1-3H3,(H,38,44). The van der Waals surface area contributed by atoms with Gasteiger partial charge in [0.2, 0.25) is 10.0 Å². The molecule has 2 N–H and O–H groups in total. The van der Waals surface area contributed by atoms with Crippen molar-refractivity contribution in [1.82, 2.24) is 14.9 Å².